The summed E-state index contributed by atoms with van der Waals surface area (Å²) in [4.78, 5) is 11.2. The molecule has 1 rings (SSSR count). The van der Waals surface area contributed by atoms with Gasteiger partial charge in [-0.1, -0.05) is 50.8 Å². The highest BCUT2D eigenvalue weighted by Crippen LogP contribution is 2.04. The van der Waals surface area contributed by atoms with Crippen LogP contribution < -0.4 is 0 Å². The summed E-state index contributed by atoms with van der Waals surface area (Å²) in [5.74, 6) is 0.0191. The lowest BCUT2D eigenvalue weighted by atomic mass is 10.1. The molecule has 0 aromatic heterocycles. The molecule has 0 spiro atoms. The summed E-state index contributed by atoms with van der Waals surface area (Å²) in [7, 11) is 0. The molecule has 13 heavy (non-hydrogen) atoms. The molecule has 0 amide bonds. The van der Waals surface area contributed by atoms with E-state index in [0.29, 0.717) is 11.1 Å². The number of carbonyl (C=O) groups is 1. The van der Waals surface area contributed by atoms with Gasteiger partial charge in [0.1, 0.15) is 0 Å². The fourth-order valence-electron chi connectivity index (χ4n) is 0.836. The van der Waals surface area contributed by atoms with Crippen LogP contribution in [0.1, 0.15) is 31.1 Å². The standard InChI is InChI=1S/C10H10O.C2H6/c1-8(2)10(11)9-6-4-3-5-7-9;1-2/h3-7H,1H2,2H3;1-2H3. The number of allylic oxidation sites excluding steroid dienone is 1. The van der Waals surface area contributed by atoms with Gasteiger partial charge in [0.05, 0.1) is 0 Å². The third-order valence-electron chi connectivity index (χ3n) is 1.42. The van der Waals surface area contributed by atoms with Crippen LogP contribution >= 0.6 is 0 Å². The molecule has 0 unspecified atom stereocenters. The maximum absolute atomic E-state index is 11.2. The van der Waals surface area contributed by atoms with E-state index in [1.165, 1.54) is 0 Å². The lowest BCUT2D eigenvalue weighted by Crippen LogP contribution is -1.97. The lowest BCUT2D eigenvalue weighted by Gasteiger charge is -1.96. The van der Waals surface area contributed by atoms with E-state index in [1.54, 1.807) is 19.1 Å². The van der Waals surface area contributed by atoms with Gasteiger partial charge in [-0.25, -0.2) is 0 Å². The normalized spacial score (nSPS) is 8.23. The Morgan fingerprint density at radius 2 is 1.62 bits per heavy atom. The summed E-state index contributed by atoms with van der Waals surface area (Å²) in [6.07, 6.45) is 0. The molecule has 0 saturated heterocycles. The lowest BCUT2D eigenvalue weighted by molar-refractivity contribution is 0.103. The minimum Gasteiger partial charge on any atom is -0.289 e. The smallest absolute Gasteiger partial charge is 0.188 e. The molecular weight excluding hydrogens is 160 g/mol. The number of Topliss-reactive ketones (excluding diaryl/α,β-unsaturated/α-hetero) is 1. The Labute approximate surface area is 80.1 Å². The summed E-state index contributed by atoms with van der Waals surface area (Å²) in [6, 6.07) is 9.15. The first-order valence-electron chi connectivity index (χ1n) is 4.47. The van der Waals surface area contributed by atoms with Gasteiger partial charge < -0.3 is 0 Å². The topological polar surface area (TPSA) is 17.1 Å². The fraction of sp³-hybridized carbons (Fsp3) is 0.250. The third-order valence-corrected chi connectivity index (χ3v) is 1.42. The van der Waals surface area contributed by atoms with Crippen LogP contribution in [0.4, 0.5) is 0 Å². The van der Waals surface area contributed by atoms with Gasteiger partial charge in [0.2, 0.25) is 0 Å². The largest absolute Gasteiger partial charge is 0.289 e. The number of ketones is 1. The van der Waals surface area contributed by atoms with E-state index >= 15 is 0 Å². The molecule has 1 nitrogen and oxygen atoms in total. The van der Waals surface area contributed by atoms with Crippen LogP contribution in [0.25, 0.3) is 0 Å². The maximum Gasteiger partial charge on any atom is 0.188 e. The van der Waals surface area contributed by atoms with Crippen LogP contribution in [0.15, 0.2) is 42.5 Å². The van der Waals surface area contributed by atoms with Gasteiger partial charge in [-0.3, -0.25) is 4.79 Å². The molecule has 1 aromatic rings. The fourth-order valence-corrected chi connectivity index (χ4v) is 0.836. The van der Waals surface area contributed by atoms with Crippen molar-refractivity contribution < 1.29 is 4.79 Å². The van der Waals surface area contributed by atoms with Crippen LogP contribution in [-0.2, 0) is 0 Å². The molecule has 0 atom stereocenters. The van der Waals surface area contributed by atoms with Gasteiger partial charge in [0.25, 0.3) is 0 Å². The number of hydrogen-bond donors (Lipinski definition) is 0. The average molecular weight is 176 g/mol. The molecular formula is C12H16O. The van der Waals surface area contributed by atoms with E-state index in [4.69, 9.17) is 0 Å². The van der Waals surface area contributed by atoms with Crippen molar-refractivity contribution in [1.29, 1.82) is 0 Å². The molecule has 0 fully saturated rings. The maximum atomic E-state index is 11.2. The highest BCUT2D eigenvalue weighted by atomic mass is 16.1. The van der Waals surface area contributed by atoms with Crippen LogP contribution in [0.2, 0.25) is 0 Å². The SMILES string of the molecule is C=C(C)C(=O)c1ccccc1.CC. The molecule has 0 saturated carbocycles. The zero-order chi connectivity index (χ0) is 10.3. The van der Waals surface area contributed by atoms with Crippen LogP contribution in [0.5, 0.6) is 0 Å². The third kappa shape index (κ3) is 3.70. The molecule has 0 N–H and O–H groups in total. The van der Waals surface area contributed by atoms with Crippen LogP contribution in [0.3, 0.4) is 0 Å². The zero-order valence-electron chi connectivity index (χ0n) is 8.50. The highest BCUT2D eigenvalue weighted by molar-refractivity contribution is 6.07. The molecule has 1 heteroatoms. The summed E-state index contributed by atoms with van der Waals surface area (Å²) < 4.78 is 0. The van der Waals surface area contributed by atoms with Crippen molar-refractivity contribution in [3.05, 3.63) is 48.0 Å². The second-order valence-electron chi connectivity index (χ2n) is 2.48. The zero-order valence-corrected chi connectivity index (χ0v) is 8.50. The Hall–Kier alpha value is -1.37. The van der Waals surface area contributed by atoms with E-state index in [2.05, 4.69) is 6.58 Å². The quantitative estimate of drug-likeness (QED) is 0.498. The van der Waals surface area contributed by atoms with E-state index < -0.39 is 0 Å². The first-order chi connectivity index (χ1) is 6.22. The summed E-state index contributed by atoms with van der Waals surface area (Å²) in [5, 5.41) is 0. The van der Waals surface area contributed by atoms with E-state index in [-0.39, 0.29) is 5.78 Å². The van der Waals surface area contributed by atoms with Gasteiger partial charge in [-0.2, -0.15) is 0 Å². The Kier molecular flexibility index (Phi) is 5.53. The van der Waals surface area contributed by atoms with E-state index in [1.807, 2.05) is 32.0 Å². The van der Waals surface area contributed by atoms with Gasteiger partial charge in [0, 0.05) is 5.56 Å². The molecule has 0 aliphatic carbocycles. The minimum absolute atomic E-state index is 0.0191. The van der Waals surface area contributed by atoms with Gasteiger partial charge in [0.15, 0.2) is 5.78 Å². The Morgan fingerprint density at radius 1 is 1.15 bits per heavy atom. The second kappa shape index (κ2) is 6.18. The van der Waals surface area contributed by atoms with Crippen molar-refractivity contribution >= 4 is 5.78 Å². The van der Waals surface area contributed by atoms with Gasteiger partial charge in [-0.15, -0.1) is 0 Å². The number of carbonyl (C=O) groups excluding carboxylic acids is 1. The van der Waals surface area contributed by atoms with Crippen molar-refractivity contribution in [3.8, 4) is 0 Å². The average Bonchev–Trinajstić information content (AvgIpc) is 2.21. The first-order valence-corrected chi connectivity index (χ1v) is 4.47. The minimum atomic E-state index is 0.0191. The molecule has 0 bridgehead atoms. The van der Waals surface area contributed by atoms with Crippen molar-refractivity contribution in [1.82, 2.24) is 0 Å². The Balaban J connectivity index is 0.000000671. The van der Waals surface area contributed by atoms with Crippen molar-refractivity contribution in [2.45, 2.75) is 20.8 Å². The van der Waals surface area contributed by atoms with E-state index in [9.17, 15) is 4.79 Å². The molecule has 0 aliphatic rings. The van der Waals surface area contributed by atoms with Gasteiger partial charge in [-0.05, 0) is 12.5 Å². The summed E-state index contributed by atoms with van der Waals surface area (Å²) in [5.41, 5.74) is 1.29. The summed E-state index contributed by atoms with van der Waals surface area (Å²) in [6.45, 7) is 9.30. The van der Waals surface area contributed by atoms with E-state index in [0.717, 1.165) is 0 Å². The highest BCUT2D eigenvalue weighted by Gasteiger charge is 2.03. The van der Waals surface area contributed by atoms with Gasteiger partial charge >= 0.3 is 0 Å². The van der Waals surface area contributed by atoms with Crippen LogP contribution in [-0.4, -0.2) is 5.78 Å². The number of hydrogen-bond acceptors (Lipinski definition) is 1. The van der Waals surface area contributed by atoms with Crippen molar-refractivity contribution in [2.24, 2.45) is 0 Å². The first kappa shape index (κ1) is 11.6. The predicted octanol–water partition coefficient (Wildman–Crippen LogP) is 3.47. The predicted molar refractivity (Wildman–Crippen MR) is 56.9 cm³/mol. The molecule has 1 aromatic carbocycles. The Morgan fingerprint density at radius 3 is 2.00 bits per heavy atom. The summed E-state index contributed by atoms with van der Waals surface area (Å²) >= 11 is 0. The molecule has 0 radical (unpaired) electrons. The second-order valence-corrected chi connectivity index (χ2v) is 2.48. The van der Waals surface area contributed by atoms with Crippen molar-refractivity contribution in [2.75, 3.05) is 0 Å². The van der Waals surface area contributed by atoms with Crippen molar-refractivity contribution in [3.63, 3.8) is 0 Å². The number of benzene rings is 1. The monoisotopic (exact) mass is 176 g/mol. The Bertz CT molecular complexity index is 272. The van der Waals surface area contributed by atoms with Crippen LogP contribution in [0, 0.1) is 0 Å². The molecule has 0 heterocycles. The number of rotatable bonds is 2. The molecule has 70 valence electrons. The molecule has 0 aliphatic heterocycles.